The average molecular weight is 467 g/mol. The zero-order chi connectivity index (χ0) is 24.6. The molecule has 6 heteroatoms. The minimum atomic E-state index is -0.458. The van der Waals surface area contributed by atoms with Gasteiger partial charge in [0.1, 0.15) is 17.2 Å². The van der Waals surface area contributed by atoms with Gasteiger partial charge in [0.25, 0.3) is 11.8 Å². The minimum absolute atomic E-state index is 0.107. The van der Waals surface area contributed by atoms with E-state index in [2.05, 4.69) is 10.6 Å². The molecule has 0 bridgehead atoms. The van der Waals surface area contributed by atoms with Crippen molar-refractivity contribution in [3.05, 3.63) is 108 Å². The highest BCUT2D eigenvalue weighted by Crippen LogP contribution is 2.30. The van der Waals surface area contributed by atoms with Gasteiger partial charge < -0.3 is 20.1 Å². The lowest BCUT2D eigenvalue weighted by atomic mass is 10.0. The maximum absolute atomic E-state index is 13.3. The zero-order valence-electron chi connectivity index (χ0n) is 19.6. The first kappa shape index (κ1) is 23.6. The number of rotatable bonds is 8. The molecule has 4 rings (SSSR count). The minimum Gasteiger partial charge on any atom is -0.497 e. The summed E-state index contributed by atoms with van der Waals surface area (Å²) in [5.41, 5.74) is 1.87. The molecule has 4 aromatic rings. The predicted molar refractivity (Wildman–Crippen MR) is 139 cm³/mol. The van der Waals surface area contributed by atoms with Gasteiger partial charge in [-0.25, -0.2) is 0 Å². The van der Waals surface area contributed by atoms with Crippen LogP contribution in [-0.2, 0) is 4.79 Å². The van der Waals surface area contributed by atoms with Gasteiger partial charge >= 0.3 is 0 Å². The van der Waals surface area contributed by atoms with Crippen LogP contribution in [0, 0.1) is 0 Å². The maximum atomic E-state index is 13.3. The molecule has 0 unspecified atom stereocenters. The van der Waals surface area contributed by atoms with E-state index in [9.17, 15) is 9.59 Å². The highest BCUT2D eigenvalue weighted by atomic mass is 16.5. The summed E-state index contributed by atoms with van der Waals surface area (Å²) in [7, 11) is 1.56. The van der Waals surface area contributed by atoms with E-state index in [1.165, 1.54) is 0 Å². The van der Waals surface area contributed by atoms with Crippen molar-refractivity contribution in [2.24, 2.45) is 0 Å². The monoisotopic (exact) mass is 466 g/mol. The summed E-state index contributed by atoms with van der Waals surface area (Å²) in [5, 5.41) is 7.45. The third-order valence-corrected chi connectivity index (χ3v) is 5.37. The van der Waals surface area contributed by atoms with E-state index >= 15 is 0 Å². The van der Waals surface area contributed by atoms with E-state index < -0.39 is 5.91 Å². The Labute approximate surface area is 204 Å². The smallest absolute Gasteiger partial charge is 0.272 e. The van der Waals surface area contributed by atoms with Gasteiger partial charge in [0.15, 0.2) is 0 Å². The predicted octanol–water partition coefficient (Wildman–Crippen LogP) is 5.66. The quantitative estimate of drug-likeness (QED) is 0.329. The molecule has 0 saturated heterocycles. The number of benzene rings is 4. The van der Waals surface area contributed by atoms with Crippen molar-refractivity contribution in [3.8, 4) is 11.5 Å². The summed E-state index contributed by atoms with van der Waals surface area (Å²) in [4.78, 5) is 26.3. The molecule has 0 radical (unpaired) electrons. The Morgan fingerprint density at radius 2 is 1.60 bits per heavy atom. The van der Waals surface area contributed by atoms with Crippen molar-refractivity contribution in [3.63, 3.8) is 0 Å². The fraction of sp³-hybridized carbons (Fsp3) is 0.103. The van der Waals surface area contributed by atoms with Crippen LogP contribution in [0.5, 0.6) is 11.5 Å². The second-order valence-corrected chi connectivity index (χ2v) is 7.70. The van der Waals surface area contributed by atoms with Crippen LogP contribution in [0.2, 0.25) is 0 Å². The molecule has 6 nitrogen and oxygen atoms in total. The Balaban J connectivity index is 1.74. The second kappa shape index (κ2) is 11.0. The lowest BCUT2D eigenvalue weighted by Crippen LogP contribution is -2.30. The molecular weight excluding hydrogens is 440 g/mol. The Kier molecular flexibility index (Phi) is 7.43. The van der Waals surface area contributed by atoms with E-state index in [-0.39, 0.29) is 11.6 Å². The molecule has 0 aliphatic rings. The summed E-state index contributed by atoms with van der Waals surface area (Å²) in [6.07, 6.45) is 1.68. The standard InChI is InChI=1S/C29H26N2O4/c1-3-35-27-17-16-21(24-14-7-8-15-25(24)27)18-26(31-28(32)20-10-5-4-6-11-20)29(33)30-22-12-9-13-23(19-22)34-2/h4-19H,3H2,1-2H3,(H,30,33)(H,31,32)/b26-18-. The number of fused-ring (bicyclic) bond motifs is 1. The van der Waals surface area contributed by atoms with E-state index in [0.717, 1.165) is 22.1 Å². The molecule has 0 fully saturated rings. The van der Waals surface area contributed by atoms with Crippen LogP contribution in [-0.4, -0.2) is 25.5 Å². The number of methoxy groups -OCH3 is 1. The van der Waals surface area contributed by atoms with Gasteiger partial charge in [-0.2, -0.15) is 0 Å². The number of amides is 2. The van der Waals surface area contributed by atoms with Crippen molar-refractivity contribution in [2.45, 2.75) is 6.92 Å². The molecule has 2 amide bonds. The summed E-state index contributed by atoms with van der Waals surface area (Å²) in [6, 6.07) is 27.3. The Morgan fingerprint density at radius 3 is 2.34 bits per heavy atom. The van der Waals surface area contributed by atoms with Crippen LogP contribution in [0.25, 0.3) is 16.8 Å². The number of hydrogen-bond acceptors (Lipinski definition) is 4. The first-order valence-electron chi connectivity index (χ1n) is 11.3. The van der Waals surface area contributed by atoms with Crippen LogP contribution >= 0.6 is 0 Å². The number of ether oxygens (including phenoxy) is 2. The fourth-order valence-electron chi connectivity index (χ4n) is 3.70. The first-order chi connectivity index (χ1) is 17.1. The lowest BCUT2D eigenvalue weighted by Gasteiger charge is -2.14. The summed E-state index contributed by atoms with van der Waals surface area (Å²) >= 11 is 0. The van der Waals surface area contributed by atoms with Crippen LogP contribution in [0.1, 0.15) is 22.8 Å². The third-order valence-electron chi connectivity index (χ3n) is 5.37. The van der Waals surface area contributed by atoms with Crippen molar-refractivity contribution < 1.29 is 19.1 Å². The molecule has 2 N–H and O–H groups in total. The first-order valence-corrected chi connectivity index (χ1v) is 11.3. The number of nitrogens with one attached hydrogen (secondary N) is 2. The average Bonchev–Trinajstić information content (AvgIpc) is 2.90. The molecule has 176 valence electrons. The van der Waals surface area contributed by atoms with Crippen molar-refractivity contribution in [2.75, 3.05) is 19.0 Å². The molecule has 0 aliphatic heterocycles. The van der Waals surface area contributed by atoms with Gasteiger partial charge in [-0.05, 0) is 54.3 Å². The highest BCUT2D eigenvalue weighted by molar-refractivity contribution is 6.11. The topological polar surface area (TPSA) is 76.7 Å². The molecule has 0 aromatic heterocycles. The van der Waals surface area contributed by atoms with Gasteiger partial charge in [-0.15, -0.1) is 0 Å². The maximum Gasteiger partial charge on any atom is 0.272 e. The Morgan fingerprint density at radius 1 is 0.857 bits per heavy atom. The molecule has 4 aromatic carbocycles. The molecule has 0 atom stereocenters. The fourth-order valence-corrected chi connectivity index (χ4v) is 3.70. The largest absolute Gasteiger partial charge is 0.497 e. The molecule has 35 heavy (non-hydrogen) atoms. The molecule has 0 saturated carbocycles. The zero-order valence-corrected chi connectivity index (χ0v) is 19.6. The van der Waals surface area contributed by atoms with Gasteiger partial charge in [-0.3, -0.25) is 9.59 Å². The second-order valence-electron chi connectivity index (χ2n) is 7.70. The number of carbonyl (C=O) groups is 2. The SMILES string of the molecule is CCOc1ccc(/C=C(\NC(=O)c2ccccc2)C(=O)Nc2cccc(OC)c2)c2ccccc12. The molecule has 0 aliphatic carbocycles. The normalized spacial score (nSPS) is 11.1. The van der Waals surface area contributed by atoms with Crippen molar-refractivity contribution >= 4 is 34.4 Å². The van der Waals surface area contributed by atoms with Crippen molar-refractivity contribution in [1.82, 2.24) is 5.32 Å². The van der Waals surface area contributed by atoms with Gasteiger partial charge in [0.05, 0.1) is 13.7 Å². The summed E-state index contributed by atoms with van der Waals surface area (Å²) < 4.78 is 11.0. The Hall–Kier alpha value is -4.58. The summed E-state index contributed by atoms with van der Waals surface area (Å²) in [5.74, 6) is 0.531. The van der Waals surface area contributed by atoms with Crippen LogP contribution < -0.4 is 20.1 Å². The van der Waals surface area contributed by atoms with Crippen molar-refractivity contribution in [1.29, 1.82) is 0 Å². The van der Waals surface area contributed by atoms with Gasteiger partial charge in [0, 0.05) is 22.7 Å². The highest BCUT2D eigenvalue weighted by Gasteiger charge is 2.16. The molecule has 0 heterocycles. The van der Waals surface area contributed by atoms with Crippen LogP contribution in [0.15, 0.2) is 96.7 Å². The van der Waals surface area contributed by atoms with Crippen LogP contribution in [0.3, 0.4) is 0 Å². The third kappa shape index (κ3) is 5.68. The van der Waals surface area contributed by atoms with E-state index in [1.54, 1.807) is 61.7 Å². The van der Waals surface area contributed by atoms with E-state index in [1.807, 2.05) is 49.4 Å². The molecular formula is C29H26N2O4. The van der Waals surface area contributed by atoms with Crippen LogP contribution in [0.4, 0.5) is 5.69 Å². The van der Waals surface area contributed by atoms with E-state index in [4.69, 9.17) is 9.47 Å². The Bertz CT molecular complexity index is 1380. The number of anilines is 1. The van der Waals surface area contributed by atoms with E-state index in [0.29, 0.717) is 23.6 Å². The lowest BCUT2D eigenvalue weighted by molar-refractivity contribution is -0.113. The van der Waals surface area contributed by atoms with Gasteiger partial charge in [0.2, 0.25) is 0 Å². The van der Waals surface area contributed by atoms with Gasteiger partial charge in [-0.1, -0.05) is 54.6 Å². The number of hydrogen-bond donors (Lipinski definition) is 2. The summed E-state index contributed by atoms with van der Waals surface area (Å²) in [6.45, 7) is 2.48. The molecule has 0 spiro atoms. The number of carbonyl (C=O) groups excluding carboxylic acids is 2.